The number of hydrogen-bond donors (Lipinski definition) is 0. The van der Waals surface area contributed by atoms with Crippen molar-refractivity contribution in [3.63, 3.8) is 0 Å². The Balaban J connectivity index is 1.78. The molecular weight excluding hydrogens is 402 g/mol. The van der Waals surface area contributed by atoms with Crippen molar-refractivity contribution < 1.29 is 14.3 Å². The van der Waals surface area contributed by atoms with E-state index in [1.165, 1.54) is 0 Å². The van der Waals surface area contributed by atoms with Crippen LogP contribution in [0.4, 0.5) is 4.79 Å². The molecule has 1 aromatic heterocycles. The molecule has 1 atom stereocenters. The largest absolute Gasteiger partial charge is 0.444 e. The van der Waals surface area contributed by atoms with Gasteiger partial charge in [0.2, 0.25) is 5.91 Å². The highest BCUT2D eigenvalue weighted by molar-refractivity contribution is 5.80. The molecule has 1 aliphatic heterocycles. The molecule has 0 radical (unpaired) electrons. The van der Waals surface area contributed by atoms with Gasteiger partial charge in [0.05, 0.1) is 11.7 Å². The van der Waals surface area contributed by atoms with Crippen molar-refractivity contribution in [3.05, 3.63) is 65.0 Å². The number of benzene rings is 1. The van der Waals surface area contributed by atoms with Gasteiger partial charge >= 0.3 is 6.09 Å². The monoisotopic (exact) mass is 437 g/mol. The Hall–Kier alpha value is -2.89. The molecule has 0 bridgehead atoms. The zero-order valence-electron chi connectivity index (χ0n) is 20.1. The molecule has 1 aromatic carbocycles. The van der Waals surface area contributed by atoms with Gasteiger partial charge in [-0.3, -0.25) is 9.78 Å². The summed E-state index contributed by atoms with van der Waals surface area (Å²) >= 11 is 0. The number of hydrogen-bond acceptors (Lipinski definition) is 4. The Bertz CT molecular complexity index is 913. The highest BCUT2D eigenvalue weighted by atomic mass is 16.6. The molecule has 6 nitrogen and oxygen atoms in total. The molecule has 1 aliphatic rings. The normalized spacial score (nSPS) is 15.9. The maximum absolute atomic E-state index is 13.6. The molecule has 1 saturated heterocycles. The molecule has 2 aromatic rings. The summed E-state index contributed by atoms with van der Waals surface area (Å²) in [5, 5.41) is 0. The topological polar surface area (TPSA) is 62.7 Å². The van der Waals surface area contributed by atoms with E-state index in [-0.39, 0.29) is 24.0 Å². The van der Waals surface area contributed by atoms with Gasteiger partial charge in [-0.15, -0.1) is 0 Å². The summed E-state index contributed by atoms with van der Waals surface area (Å²) in [6.45, 7) is 10.7. The number of nitrogens with zero attached hydrogens (tertiary/aromatic N) is 3. The number of aryl methyl sites for hydroxylation is 2. The van der Waals surface area contributed by atoms with Crippen LogP contribution in [0.15, 0.2) is 42.6 Å². The summed E-state index contributed by atoms with van der Waals surface area (Å²) < 4.78 is 5.48. The summed E-state index contributed by atoms with van der Waals surface area (Å²) in [4.78, 5) is 34.1. The second-order valence-electron chi connectivity index (χ2n) is 9.66. The number of ether oxygens (including phenoxy) is 1. The Morgan fingerprint density at radius 1 is 1.06 bits per heavy atom. The third kappa shape index (κ3) is 5.47. The Morgan fingerprint density at radius 2 is 1.69 bits per heavy atom. The van der Waals surface area contributed by atoms with Gasteiger partial charge in [-0.05, 0) is 70.2 Å². The number of pyridine rings is 1. The minimum Gasteiger partial charge on any atom is -0.444 e. The van der Waals surface area contributed by atoms with Crippen LogP contribution < -0.4 is 0 Å². The highest BCUT2D eigenvalue weighted by Gasteiger charge is 2.35. The molecule has 2 amide bonds. The van der Waals surface area contributed by atoms with E-state index in [1.807, 2.05) is 63.9 Å². The second-order valence-corrected chi connectivity index (χ2v) is 9.66. The molecule has 0 N–H and O–H groups in total. The second kappa shape index (κ2) is 9.72. The van der Waals surface area contributed by atoms with Crippen molar-refractivity contribution in [2.45, 2.75) is 59.1 Å². The maximum atomic E-state index is 13.6. The molecule has 0 saturated carbocycles. The van der Waals surface area contributed by atoms with Crippen molar-refractivity contribution in [3.8, 4) is 0 Å². The predicted molar refractivity (Wildman–Crippen MR) is 125 cm³/mol. The predicted octanol–water partition coefficient (Wildman–Crippen LogP) is 4.89. The summed E-state index contributed by atoms with van der Waals surface area (Å²) in [6.07, 6.45) is 2.73. The summed E-state index contributed by atoms with van der Waals surface area (Å²) in [7, 11) is 1.87. The van der Waals surface area contributed by atoms with Gasteiger partial charge in [-0.25, -0.2) is 4.79 Å². The van der Waals surface area contributed by atoms with Gasteiger partial charge in [-0.1, -0.05) is 30.3 Å². The van der Waals surface area contributed by atoms with E-state index in [4.69, 9.17) is 4.74 Å². The fraction of sp³-hybridized carbons (Fsp3) is 0.500. The third-order valence-electron chi connectivity index (χ3n) is 6.02. The quantitative estimate of drug-likeness (QED) is 0.683. The molecule has 172 valence electrons. The average molecular weight is 438 g/mol. The fourth-order valence-electron chi connectivity index (χ4n) is 4.27. The van der Waals surface area contributed by atoms with Gasteiger partial charge in [0.1, 0.15) is 5.60 Å². The number of carbonyl (C=O) groups excluding carboxylic acids is 2. The first-order chi connectivity index (χ1) is 15.1. The van der Waals surface area contributed by atoms with Gasteiger partial charge in [0, 0.05) is 32.3 Å². The van der Waals surface area contributed by atoms with E-state index in [2.05, 4.69) is 24.0 Å². The zero-order chi connectivity index (χ0) is 23.5. The van der Waals surface area contributed by atoms with E-state index in [1.54, 1.807) is 11.1 Å². The number of rotatable bonds is 4. The maximum Gasteiger partial charge on any atom is 0.410 e. The molecule has 3 rings (SSSR count). The standard InChI is InChI=1S/C26H35N3O3/c1-18-10-7-8-12-21(18)23(22-19(2)11-9-15-27-22)28(6)24(30)20-13-16-29(17-14-20)25(31)32-26(3,4)5/h7-12,15,20,23H,13-14,16-17H2,1-6H3. The van der Waals surface area contributed by atoms with Crippen LogP contribution in [0.3, 0.4) is 0 Å². The SMILES string of the molecule is Cc1ccccc1C(c1ncccc1C)N(C)C(=O)C1CCN(C(=O)OC(C)(C)C)CC1. The average Bonchev–Trinajstić information content (AvgIpc) is 2.75. The summed E-state index contributed by atoms with van der Waals surface area (Å²) in [6, 6.07) is 11.9. The number of likely N-dealkylation sites (tertiary alicyclic amines) is 1. The van der Waals surface area contributed by atoms with Gasteiger partial charge < -0.3 is 14.5 Å². The van der Waals surface area contributed by atoms with Crippen molar-refractivity contribution in [1.29, 1.82) is 0 Å². The Kier molecular flexibility index (Phi) is 7.22. The zero-order valence-corrected chi connectivity index (χ0v) is 20.1. The Labute approximate surface area is 191 Å². The molecule has 6 heteroatoms. The third-order valence-corrected chi connectivity index (χ3v) is 6.02. The van der Waals surface area contributed by atoms with Gasteiger partial charge in [0.15, 0.2) is 0 Å². The van der Waals surface area contributed by atoms with Crippen LogP contribution in [-0.2, 0) is 9.53 Å². The fourth-order valence-corrected chi connectivity index (χ4v) is 4.27. The van der Waals surface area contributed by atoms with Crippen LogP contribution in [0, 0.1) is 19.8 Å². The van der Waals surface area contributed by atoms with Crippen molar-refractivity contribution in [2.24, 2.45) is 5.92 Å². The molecular formula is C26H35N3O3. The van der Waals surface area contributed by atoms with E-state index < -0.39 is 5.60 Å². The van der Waals surface area contributed by atoms with Crippen LogP contribution in [0.5, 0.6) is 0 Å². The molecule has 0 spiro atoms. The molecule has 32 heavy (non-hydrogen) atoms. The minimum absolute atomic E-state index is 0.0899. The van der Waals surface area contributed by atoms with Crippen molar-refractivity contribution >= 4 is 12.0 Å². The summed E-state index contributed by atoms with van der Waals surface area (Å²) in [5.41, 5.74) is 3.63. The minimum atomic E-state index is -0.523. The van der Waals surface area contributed by atoms with Crippen LogP contribution in [0.1, 0.15) is 62.0 Å². The van der Waals surface area contributed by atoms with Gasteiger partial charge in [0.25, 0.3) is 0 Å². The number of carbonyl (C=O) groups is 2. The van der Waals surface area contributed by atoms with Crippen LogP contribution >= 0.6 is 0 Å². The molecule has 1 fully saturated rings. The lowest BCUT2D eigenvalue weighted by Crippen LogP contribution is -2.46. The number of aromatic nitrogens is 1. The first-order valence-electron chi connectivity index (χ1n) is 11.3. The van der Waals surface area contributed by atoms with E-state index in [0.717, 1.165) is 22.4 Å². The lowest BCUT2D eigenvalue weighted by atomic mass is 9.91. The van der Waals surface area contributed by atoms with Crippen LogP contribution in [0.2, 0.25) is 0 Å². The van der Waals surface area contributed by atoms with Crippen molar-refractivity contribution in [2.75, 3.05) is 20.1 Å². The highest BCUT2D eigenvalue weighted by Crippen LogP contribution is 2.33. The number of piperidine rings is 1. The smallest absolute Gasteiger partial charge is 0.410 e. The molecule has 2 heterocycles. The molecule has 1 unspecified atom stereocenters. The van der Waals surface area contributed by atoms with Crippen LogP contribution in [-0.4, -0.2) is 52.5 Å². The van der Waals surface area contributed by atoms with Crippen LogP contribution in [0.25, 0.3) is 0 Å². The lowest BCUT2D eigenvalue weighted by molar-refractivity contribution is -0.137. The first-order valence-corrected chi connectivity index (χ1v) is 11.3. The molecule has 0 aliphatic carbocycles. The van der Waals surface area contributed by atoms with E-state index in [9.17, 15) is 9.59 Å². The van der Waals surface area contributed by atoms with Crippen molar-refractivity contribution in [1.82, 2.24) is 14.8 Å². The summed E-state index contributed by atoms with van der Waals surface area (Å²) in [5.74, 6) is -0.0404. The van der Waals surface area contributed by atoms with Gasteiger partial charge in [-0.2, -0.15) is 0 Å². The Morgan fingerprint density at radius 3 is 2.28 bits per heavy atom. The lowest BCUT2D eigenvalue weighted by Gasteiger charge is -2.37. The number of amides is 2. The van der Waals surface area contributed by atoms with E-state index >= 15 is 0 Å². The first kappa shape index (κ1) is 23.8. The van der Waals surface area contributed by atoms with E-state index in [0.29, 0.717) is 25.9 Å².